The molecule has 1 saturated carbocycles. The van der Waals surface area contributed by atoms with Gasteiger partial charge < -0.3 is 19.7 Å². The lowest BCUT2D eigenvalue weighted by molar-refractivity contribution is -0.137. The van der Waals surface area contributed by atoms with E-state index in [0.717, 1.165) is 13.0 Å². The molecule has 132 valence electrons. The van der Waals surface area contributed by atoms with Crippen LogP contribution in [0.5, 0.6) is 5.75 Å². The third-order valence-electron chi connectivity index (χ3n) is 5.27. The first-order chi connectivity index (χ1) is 11.3. The average Bonchev–Trinajstić information content (AvgIpc) is 2.94. The van der Waals surface area contributed by atoms with Crippen molar-refractivity contribution in [2.45, 2.75) is 52.4 Å². The first kappa shape index (κ1) is 17.1. The first-order valence-corrected chi connectivity index (χ1v) is 8.73. The van der Waals surface area contributed by atoms with E-state index in [2.05, 4.69) is 19.2 Å². The number of fused-ring (bicyclic) bond motifs is 1. The Balaban J connectivity index is 1.71. The number of hydrogen-bond donors (Lipinski definition) is 1. The molecule has 2 amide bonds. The van der Waals surface area contributed by atoms with E-state index < -0.39 is 0 Å². The van der Waals surface area contributed by atoms with Crippen LogP contribution in [0.2, 0.25) is 0 Å². The number of carbonyl (C=O) groups is 1. The highest BCUT2D eigenvalue weighted by atomic mass is 16.5. The van der Waals surface area contributed by atoms with Gasteiger partial charge >= 0.3 is 6.03 Å². The Bertz CT molecular complexity index is 614. The lowest BCUT2D eigenvalue weighted by Crippen LogP contribution is -2.67. The first-order valence-electron chi connectivity index (χ1n) is 8.73. The van der Waals surface area contributed by atoms with Gasteiger partial charge in [0.25, 0.3) is 0 Å². The Labute approximate surface area is 144 Å². The maximum absolute atomic E-state index is 12.8. The summed E-state index contributed by atoms with van der Waals surface area (Å²) in [6.07, 6.45) is 1.36. The molecule has 0 aromatic heterocycles. The Hall–Kier alpha value is -1.75. The van der Waals surface area contributed by atoms with Crippen LogP contribution >= 0.6 is 0 Å². The minimum Gasteiger partial charge on any atom is -0.489 e. The molecule has 24 heavy (non-hydrogen) atoms. The molecule has 2 aliphatic rings. The van der Waals surface area contributed by atoms with Crippen LogP contribution in [-0.4, -0.2) is 42.8 Å². The molecule has 5 heteroatoms. The molecule has 3 atom stereocenters. The monoisotopic (exact) mass is 332 g/mol. The van der Waals surface area contributed by atoms with E-state index in [1.165, 1.54) is 0 Å². The summed E-state index contributed by atoms with van der Waals surface area (Å²) in [4.78, 5) is 14.6. The molecule has 2 fully saturated rings. The number of benzene rings is 1. The van der Waals surface area contributed by atoms with Crippen molar-refractivity contribution < 1.29 is 14.3 Å². The molecule has 1 aromatic carbocycles. The van der Waals surface area contributed by atoms with Crippen LogP contribution < -0.4 is 10.1 Å². The van der Waals surface area contributed by atoms with Crippen LogP contribution in [0.3, 0.4) is 0 Å². The summed E-state index contributed by atoms with van der Waals surface area (Å²) in [6, 6.07) is 7.66. The lowest BCUT2D eigenvalue weighted by Gasteiger charge is -2.57. The fraction of sp³-hybridized carbons (Fsp3) is 0.632. The van der Waals surface area contributed by atoms with E-state index in [1.54, 1.807) is 0 Å². The standard InChI is InChI=1S/C19H28N2O3/c1-12(2)24-15-9-7-6-8-14(15)20-18(22)21(5)16-13-10-11-23-17(13)19(16,3)4/h6-9,12-13,16-17H,10-11H2,1-5H3,(H,20,22)/t13-,16+,17-/m0/s1. The summed E-state index contributed by atoms with van der Waals surface area (Å²) in [7, 11) is 1.88. The van der Waals surface area contributed by atoms with Crippen LogP contribution in [0.4, 0.5) is 10.5 Å². The molecule has 1 heterocycles. The van der Waals surface area contributed by atoms with Gasteiger partial charge in [0, 0.05) is 31.0 Å². The number of hydrogen-bond acceptors (Lipinski definition) is 3. The smallest absolute Gasteiger partial charge is 0.321 e. The van der Waals surface area contributed by atoms with Crippen molar-refractivity contribution in [1.29, 1.82) is 0 Å². The van der Waals surface area contributed by atoms with E-state index in [-0.39, 0.29) is 29.7 Å². The minimum atomic E-state index is -0.0989. The Morgan fingerprint density at radius 2 is 2.08 bits per heavy atom. The van der Waals surface area contributed by atoms with Gasteiger partial charge in [-0.2, -0.15) is 0 Å². The number of urea groups is 1. The van der Waals surface area contributed by atoms with Gasteiger partial charge in [-0.15, -0.1) is 0 Å². The van der Waals surface area contributed by atoms with Crippen molar-refractivity contribution in [2.24, 2.45) is 11.3 Å². The largest absolute Gasteiger partial charge is 0.489 e. The zero-order valence-corrected chi connectivity index (χ0v) is 15.2. The van der Waals surface area contributed by atoms with E-state index in [0.29, 0.717) is 17.4 Å². The third kappa shape index (κ3) is 2.86. The van der Waals surface area contributed by atoms with Crippen LogP contribution in [-0.2, 0) is 4.74 Å². The van der Waals surface area contributed by atoms with Crippen molar-refractivity contribution in [1.82, 2.24) is 4.90 Å². The van der Waals surface area contributed by atoms with Crippen LogP contribution in [0, 0.1) is 11.3 Å². The van der Waals surface area contributed by atoms with Crippen molar-refractivity contribution in [3.63, 3.8) is 0 Å². The second-order valence-corrected chi connectivity index (χ2v) is 7.71. The fourth-order valence-corrected chi connectivity index (χ4v) is 4.34. The van der Waals surface area contributed by atoms with Crippen molar-refractivity contribution in [3.05, 3.63) is 24.3 Å². The second-order valence-electron chi connectivity index (χ2n) is 7.71. The van der Waals surface area contributed by atoms with E-state index in [9.17, 15) is 4.79 Å². The van der Waals surface area contributed by atoms with Gasteiger partial charge in [0.2, 0.25) is 0 Å². The maximum Gasteiger partial charge on any atom is 0.321 e. The number of para-hydroxylation sites is 2. The van der Waals surface area contributed by atoms with Gasteiger partial charge in [0.1, 0.15) is 5.75 Å². The highest BCUT2D eigenvalue weighted by Crippen LogP contribution is 2.54. The summed E-state index contributed by atoms with van der Waals surface area (Å²) in [5, 5.41) is 3.00. The van der Waals surface area contributed by atoms with Crippen molar-refractivity contribution in [2.75, 3.05) is 19.0 Å². The highest BCUT2D eigenvalue weighted by Gasteiger charge is 2.61. The molecule has 1 saturated heterocycles. The average molecular weight is 332 g/mol. The molecule has 1 aliphatic carbocycles. The van der Waals surface area contributed by atoms with Gasteiger partial charge in [-0.25, -0.2) is 4.79 Å². The lowest BCUT2D eigenvalue weighted by atomic mass is 9.57. The summed E-state index contributed by atoms with van der Waals surface area (Å²) >= 11 is 0. The van der Waals surface area contributed by atoms with Gasteiger partial charge in [0.05, 0.1) is 17.9 Å². The SMILES string of the molecule is CC(C)Oc1ccccc1NC(=O)N(C)[C@@H]1[C@@H]2CCO[C@@H]2C1(C)C. The molecule has 1 N–H and O–H groups in total. The third-order valence-corrected chi connectivity index (χ3v) is 5.27. The molecule has 1 aromatic rings. The number of nitrogens with zero attached hydrogens (tertiary/aromatic N) is 1. The molecule has 0 radical (unpaired) electrons. The van der Waals surface area contributed by atoms with Crippen molar-refractivity contribution >= 4 is 11.7 Å². The molecule has 3 rings (SSSR count). The Morgan fingerprint density at radius 3 is 2.79 bits per heavy atom. The predicted octanol–water partition coefficient (Wildman–Crippen LogP) is 3.75. The minimum absolute atomic E-state index is 0.0127. The quantitative estimate of drug-likeness (QED) is 0.913. The topological polar surface area (TPSA) is 50.8 Å². The molecule has 5 nitrogen and oxygen atoms in total. The van der Waals surface area contributed by atoms with E-state index >= 15 is 0 Å². The number of anilines is 1. The van der Waals surface area contributed by atoms with Gasteiger partial charge in [-0.1, -0.05) is 26.0 Å². The number of amides is 2. The number of nitrogens with one attached hydrogen (secondary N) is 1. The predicted molar refractivity (Wildman–Crippen MR) is 94.4 cm³/mol. The van der Waals surface area contributed by atoms with Crippen LogP contribution in [0.15, 0.2) is 24.3 Å². The molecule has 1 aliphatic heterocycles. The van der Waals surface area contributed by atoms with Gasteiger partial charge in [-0.05, 0) is 32.4 Å². The molecule has 0 bridgehead atoms. The molecular weight excluding hydrogens is 304 g/mol. The summed E-state index contributed by atoms with van der Waals surface area (Å²) in [5.41, 5.74) is 0.695. The van der Waals surface area contributed by atoms with Crippen LogP contribution in [0.25, 0.3) is 0 Å². The molecule has 0 unspecified atom stereocenters. The molecule has 0 spiro atoms. The Kier molecular flexibility index (Phi) is 4.47. The fourth-order valence-electron chi connectivity index (χ4n) is 4.34. The normalized spacial score (nSPS) is 27.3. The van der Waals surface area contributed by atoms with Gasteiger partial charge in [0.15, 0.2) is 0 Å². The zero-order chi connectivity index (χ0) is 17.5. The summed E-state index contributed by atoms with van der Waals surface area (Å²) in [6.45, 7) is 9.12. The Morgan fingerprint density at radius 1 is 1.38 bits per heavy atom. The summed E-state index contributed by atoms with van der Waals surface area (Å²) in [5.74, 6) is 1.14. The summed E-state index contributed by atoms with van der Waals surface area (Å²) < 4.78 is 11.6. The number of ether oxygens (including phenoxy) is 2. The van der Waals surface area contributed by atoms with Crippen LogP contribution in [0.1, 0.15) is 34.1 Å². The number of rotatable bonds is 4. The van der Waals surface area contributed by atoms with Gasteiger partial charge in [-0.3, -0.25) is 0 Å². The highest BCUT2D eigenvalue weighted by molar-refractivity contribution is 5.91. The van der Waals surface area contributed by atoms with E-state index in [1.807, 2.05) is 50.1 Å². The number of carbonyl (C=O) groups excluding carboxylic acids is 1. The maximum atomic E-state index is 12.8. The van der Waals surface area contributed by atoms with Crippen molar-refractivity contribution in [3.8, 4) is 5.75 Å². The molecular formula is C19H28N2O3. The zero-order valence-electron chi connectivity index (χ0n) is 15.2. The van der Waals surface area contributed by atoms with E-state index in [4.69, 9.17) is 9.47 Å². The second kappa shape index (κ2) is 6.28.